The Balaban J connectivity index is 1.32. The molecule has 2 aromatic carbocycles. The minimum Gasteiger partial charge on any atom is -0.328 e. The van der Waals surface area contributed by atoms with Gasteiger partial charge in [0.25, 0.3) is 5.91 Å². The Bertz CT molecular complexity index is 868. The third kappa shape index (κ3) is 4.44. The van der Waals surface area contributed by atoms with Gasteiger partial charge in [-0.25, -0.2) is 0 Å². The second-order valence-corrected chi connectivity index (χ2v) is 7.12. The average Bonchev–Trinajstić information content (AvgIpc) is 3.18. The fraction of sp³-hybridized carbons (Fsp3) is 0.273. The molecule has 1 aromatic heterocycles. The van der Waals surface area contributed by atoms with Crippen molar-refractivity contribution >= 4 is 5.91 Å². The van der Waals surface area contributed by atoms with Crippen LogP contribution in [0.3, 0.4) is 0 Å². The van der Waals surface area contributed by atoms with Gasteiger partial charge in [-0.3, -0.25) is 9.48 Å². The van der Waals surface area contributed by atoms with Crippen molar-refractivity contribution in [3.8, 4) is 0 Å². The zero-order valence-corrected chi connectivity index (χ0v) is 15.4. The molecule has 0 spiro atoms. The summed E-state index contributed by atoms with van der Waals surface area (Å²) in [4.78, 5) is 16.3. The summed E-state index contributed by atoms with van der Waals surface area (Å²) in [5, 5.41) is 4.36. The number of quaternary nitrogens is 1. The van der Waals surface area contributed by atoms with Gasteiger partial charge >= 0.3 is 0 Å². The normalized spacial score (nSPS) is 15.0. The Hall–Kier alpha value is -2.92. The van der Waals surface area contributed by atoms with Crippen molar-refractivity contribution in [2.24, 2.45) is 0 Å². The number of hydrogen-bond acceptors (Lipinski definition) is 2. The molecule has 1 aliphatic rings. The number of aromatic nitrogens is 2. The Morgan fingerprint density at radius 3 is 2.22 bits per heavy atom. The minimum absolute atomic E-state index is 0.0908. The maximum atomic E-state index is 12.8. The Morgan fingerprint density at radius 2 is 1.56 bits per heavy atom. The SMILES string of the molecule is O=C(c1cnn(Cc2ccccc2)c1)N1CC[NH+](Cc2ccccc2)CC1. The standard InChI is InChI=1S/C22H24N4O/c27-22(21-15-23-26(18-21)17-20-9-5-2-6-10-20)25-13-11-24(12-14-25)16-19-7-3-1-4-8-19/h1-10,15,18H,11-14,16-17H2/p+1. The Labute approximate surface area is 159 Å². The number of hydrogen-bond donors (Lipinski definition) is 1. The number of piperazine rings is 1. The highest BCUT2D eigenvalue weighted by molar-refractivity contribution is 5.93. The quantitative estimate of drug-likeness (QED) is 0.748. The molecule has 0 unspecified atom stereocenters. The van der Waals surface area contributed by atoms with Crippen molar-refractivity contribution < 1.29 is 9.69 Å². The van der Waals surface area contributed by atoms with Crippen LogP contribution >= 0.6 is 0 Å². The van der Waals surface area contributed by atoms with Gasteiger partial charge in [0.15, 0.2) is 0 Å². The van der Waals surface area contributed by atoms with E-state index in [0.717, 1.165) is 32.7 Å². The first-order chi connectivity index (χ1) is 13.3. The predicted octanol–water partition coefficient (Wildman–Crippen LogP) is 1.47. The van der Waals surface area contributed by atoms with Gasteiger partial charge in [0.05, 0.1) is 44.5 Å². The van der Waals surface area contributed by atoms with E-state index in [4.69, 9.17) is 0 Å². The van der Waals surface area contributed by atoms with Gasteiger partial charge in [-0.2, -0.15) is 5.10 Å². The van der Waals surface area contributed by atoms with E-state index in [1.807, 2.05) is 40.0 Å². The first-order valence-corrected chi connectivity index (χ1v) is 9.51. The molecule has 0 aliphatic carbocycles. The summed E-state index contributed by atoms with van der Waals surface area (Å²) in [7, 11) is 0. The summed E-state index contributed by atoms with van der Waals surface area (Å²) in [5.74, 6) is 0.0908. The first kappa shape index (κ1) is 17.5. The lowest BCUT2D eigenvalue weighted by atomic mass is 10.2. The van der Waals surface area contributed by atoms with E-state index in [2.05, 4.69) is 41.5 Å². The second kappa shape index (κ2) is 8.18. The maximum Gasteiger partial charge on any atom is 0.257 e. The third-order valence-corrected chi connectivity index (χ3v) is 5.12. The maximum absolute atomic E-state index is 12.8. The molecule has 2 heterocycles. The van der Waals surface area contributed by atoms with E-state index in [9.17, 15) is 4.79 Å². The van der Waals surface area contributed by atoms with E-state index in [1.165, 1.54) is 16.0 Å². The lowest BCUT2D eigenvalue weighted by Crippen LogP contribution is -3.13. The molecule has 3 aromatic rings. The predicted molar refractivity (Wildman–Crippen MR) is 105 cm³/mol. The van der Waals surface area contributed by atoms with Crippen LogP contribution in [0.25, 0.3) is 0 Å². The number of nitrogens with zero attached hydrogens (tertiary/aromatic N) is 3. The van der Waals surface area contributed by atoms with E-state index in [-0.39, 0.29) is 5.91 Å². The van der Waals surface area contributed by atoms with Gasteiger partial charge in [-0.15, -0.1) is 0 Å². The van der Waals surface area contributed by atoms with E-state index >= 15 is 0 Å². The molecule has 27 heavy (non-hydrogen) atoms. The van der Waals surface area contributed by atoms with E-state index < -0.39 is 0 Å². The topological polar surface area (TPSA) is 42.6 Å². The fourth-order valence-electron chi connectivity index (χ4n) is 3.60. The summed E-state index contributed by atoms with van der Waals surface area (Å²) < 4.78 is 1.83. The summed E-state index contributed by atoms with van der Waals surface area (Å²) in [6, 6.07) is 20.7. The molecule has 0 saturated carbocycles. The third-order valence-electron chi connectivity index (χ3n) is 5.12. The van der Waals surface area contributed by atoms with Crippen LogP contribution < -0.4 is 4.90 Å². The second-order valence-electron chi connectivity index (χ2n) is 7.12. The summed E-state index contributed by atoms with van der Waals surface area (Å²) in [6.07, 6.45) is 3.55. The van der Waals surface area contributed by atoms with Gasteiger partial charge in [0.1, 0.15) is 6.54 Å². The number of nitrogens with one attached hydrogen (secondary N) is 1. The molecule has 4 rings (SSSR count). The van der Waals surface area contributed by atoms with E-state index in [1.54, 1.807) is 6.20 Å². The van der Waals surface area contributed by atoms with Crippen molar-refractivity contribution in [2.75, 3.05) is 26.2 Å². The van der Waals surface area contributed by atoms with Crippen molar-refractivity contribution in [3.05, 3.63) is 89.7 Å². The van der Waals surface area contributed by atoms with Crippen molar-refractivity contribution in [1.29, 1.82) is 0 Å². The van der Waals surface area contributed by atoms with Crippen molar-refractivity contribution in [2.45, 2.75) is 13.1 Å². The Kier molecular flexibility index (Phi) is 5.30. The summed E-state index contributed by atoms with van der Waals surface area (Å²) >= 11 is 0. The van der Waals surface area contributed by atoms with Gasteiger partial charge < -0.3 is 9.80 Å². The number of benzene rings is 2. The molecule has 138 valence electrons. The molecule has 1 amide bonds. The lowest BCUT2D eigenvalue weighted by Gasteiger charge is -2.32. The minimum atomic E-state index is 0.0908. The smallest absolute Gasteiger partial charge is 0.257 e. The zero-order valence-electron chi connectivity index (χ0n) is 15.4. The van der Waals surface area contributed by atoms with Crippen LogP contribution in [0.2, 0.25) is 0 Å². The van der Waals surface area contributed by atoms with Gasteiger partial charge in [-0.05, 0) is 5.56 Å². The van der Waals surface area contributed by atoms with Crippen LogP contribution in [0, 0.1) is 0 Å². The monoisotopic (exact) mass is 361 g/mol. The largest absolute Gasteiger partial charge is 0.328 e. The fourth-order valence-corrected chi connectivity index (χ4v) is 3.60. The highest BCUT2D eigenvalue weighted by Crippen LogP contribution is 2.07. The number of carbonyl (C=O) groups excluding carboxylic acids is 1. The van der Waals surface area contributed by atoms with Gasteiger partial charge in [-0.1, -0.05) is 60.7 Å². The van der Waals surface area contributed by atoms with E-state index in [0.29, 0.717) is 12.1 Å². The van der Waals surface area contributed by atoms with Crippen LogP contribution in [0.15, 0.2) is 73.1 Å². The van der Waals surface area contributed by atoms with Crippen LogP contribution in [0.1, 0.15) is 21.5 Å². The number of carbonyl (C=O) groups is 1. The van der Waals surface area contributed by atoms with Crippen LogP contribution in [0.4, 0.5) is 0 Å². The van der Waals surface area contributed by atoms with Crippen molar-refractivity contribution in [3.63, 3.8) is 0 Å². The molecule has 1 saturated heterocycles. The number of amides is 1. The number of rotatable bonds is 5. The molecule has 1 N–H and O–H groups in total. The van der Waals surface area contributed by atoms with Crippen LogP contribution in [0.5, 0.6) is 0 Å². The molecule has 0 atom stereocenters. The molecule has 0 bridgehead atoms. The van der Waals surface area contributed by atoms with Crippen LogP contribution in [-0.4, -0.2) is 46.8 Å². The lowest BCUT2D eigenvalue weighted by molar-refractivity contribution is -0.917. The summed E-state index contributed by atoms with van der Waals surface area (Å²) in [6.45, 7) is 5.27. The highest BCUT2D eigenvalue weighted by Gasteiger charge is 2.25. The molecule has 0 radical (unpaired) electrons. The zero-order chi connectivity index (χ0) is 18.5. The molecule has 5 heteroatoms. The highest BCUT2D eigenvalue weighted by atomic mass is 16.2. The molecule has 1 aliphatic heterocycles. The first-order valence-electron chi connectivity index (χ1n) is 9.51. The molecule has 5 nitrogen and oxygen atoms in total. The van der Waals surface area contributed by atoms with Gasteiger partial charge in [0.2, 0.25) is 0 Å². The average molecular weight is 361 g/mol. The summed E-state index contributed by atoms with van der Waals surface area (Å²) in [5.41, 5.74) is 3.21. The Morgan fingerprint density at radius 1 is 0.926 bits per heavy atom. The molecular weight excluding hydrogens is 336 g/mol. The van der Waals surface area contributed by atoms with Gasteiger partial charge in [0, 0.05) is 11.8 Å². The van der Waals surface area contributed by atoms with Crippen LogP contribution in [-0.2, 0) is 13.1 Å². The van der Waals surface area contributed by atoms with Crippen molar-refractivity contribution in [1.82, 2.24) is 14.7 Å². The molecular formula is C22H25N4O+. The molecule has 1 fully saturated rings.